The van der Waals surface area contributed by atoms with E-state index in [2.05, 4.69) is 23.0 Å². The number of pyridine rings is 1. The quantitative estimate of drug-likeness (QED) is 0.224. The topological polar surface area (TPSA) is 21.4 Å². The number of aryl methyl sites for hydroxylation is 2. The van der Waals surface area contributed by atoms with E-state index in [9.17, 15) is 0 Å². The second-order valence-corrected chi connectivity index (χ2v) is 7.86. The van der Waals surface area contributed by atoms with Gasteiger partial charge in [0, 0.05) is 33.4 Å². The van der Waals surface area contributed by atoms with Gasteiger partial charge in [-0.2, -0.15) is 4.57 Å². The Morgan fingerprint density at radius 1 is 0.968 bits per heavy atom. The zero-order valence-corrected chi connectivity index (χ0v) is 17.7. The van der Waals surface area contributed by atoms with Crippen molar-refractivity contribution in [2.24, 2.45) is 7.05 Å². The Kier molecular flexibility index (Phi) is 3.64. The summed E-state index contributed by atoms with van der Waals surface area (Å²) in [4.78, 5) is 3.56. The Morgan fingerprint density at radius 3 is 2.52 bits per heavy atom. The van der Waals surface area contributed by atoms with Crippen LogP contribution < -0.4 is 4.57 Å². The van der Waals surface area contributed by atoms with Crippen molar-refractivity contribution in [1.82, 2.24) is 0 Å². The van der Waals surface area contributed by atoms with Crippen molar-refractivity contribution < 1.29 is 13.1 Å². The molecule has 0 aliphatic heterocycles. The van der Waals surface area contributed by atoms with Crippen LogP contribution in [0.3, 0.4) is 0 Å². The first kappa shape index (κ1) is 15.9. The van der Waals surface area contributed by atoms with Crippen molar-refractivity contribution in [2.75, 3.05) is 0 Å². The smallest absolute Gasteiger partial charge is 0.216 e. The van der Waals surface area contributed by atoms with Crippen LogP contribution in [0.25, 0.3) is 49.2 Å². The predicted octanol–water partition coefficient (Wildman–Crippen LogP) is 7.22. The second-order valence-electron chi connectivity index (χ2n) is 7.86. The van der Waals surface area contributed by atoms with Crippen LogP contribution in [0.5, 0.6) is 0 Å². The zero-order valence-electron chi connectivity index (χ0n) is 20.7. The Balaban J connectivity index is 1.91. The lowest BCUT2D eigenvalue weighted by Crippen LogP contribution is -2.35. The fraction of sp³-hybridized carbons (Fsp3) is 0.143. The molecule has 2 heterocycles. The molecule has 0 fully saturated rings. The molecule has 0 bridgehead atoms. The zero-order chi connectivity index (χ0) is 24.2. The molecule has 0 radical (unpaired) electrons. The fourth-order valence-corrected chi connectivity index (χ4v) is 4.31. The van der Waals surface area contributed by atoms with Crippen molar-refractivity contribution in [2.45, 2.75) is 20.7 Å². The van der Waals surface area contributed by atoms with E-state index in [-0.39, 0.29) is 0 Å². The summed E-state index contributed by atoms with van der Waals surface area (Å²) < 4.78 is 32.0. The maximum Gasteiger partial charge on any atom is 0.216 e. The summed E-state index contributed by atoms with van der Waals surface area (Å²) in [6, 6.07) is 21.4. The molecule has 2 aromatic heterocycles. The summed E-state index contributed by atoms with van der Waals surface area (Å²) in [6.45, 7) is 9.09. The van der Waals surface area contributed by atoms with Crippen LogP contribution in [0.15, 0.2) is 71.1 Å². The molecule has 0 aliphatic rings. The highest BCUT2D eigenvalue weighted by atomic mass is 16.3. The van der Waals surface area contributed by atoms with Crippen LogP contribution in [-0.4, -0.2) is 0 Å². The number of hydrogen-bond acceptors (Lipinski definition) is 1. The number of aromatic nitrogens is 1. The number of furan rings is 1. The molecule has 31 heavy (non-hydrogen) atoms. The summed E-state index contributed by atoms with van der Waals surface area (Å²) in [7, 11) is 1.88. The third kappa shape index (κ3) is 2.92. The van der Waals surface area contributed by atoms with Crippen molar-refractivity contribution in [3.63, 3.8) is 0 Å². The predicted molar refractivity (Wildman–Crippen MR) is 126 cm³/mol. The van der Waals surface area contributed by atoms with Crippen LogP contribution in [0.1, 0.15) is 20.9 Å². The van der Waals surface area contributed by atoms with Gasteiger partial charge in [0.15, 0.2) is 11.4 Å². The fourth-order valence-electron chi connectivity index (χ4n) is 4.31. The van der Waals surface area contributed by atoms with E-state index in [0.717, 1.165) is 44.3 Å². The largest absolute Gasteiger partial charge is 0.456 e. The Morgan fingerprint density at radius 2 is 1.77 bits per heavy atom. The lowest BCUT2D eigenvalue weighted by molar-refractivity contribution is -0.667. The first-order chi connectivity index (χ1) is 16.2. The minimum absolute atomic E-state index is 0.333. The Bertz CT molecular complexity index is 1620. The third-order valence-electron chi connectivity index (χ3n) is 6.06. The van der Waals surface area contributed by atoms with E-state index in [1.54, 1.807) is 12.1 Å². The van der Waals surface area contributed by atoms with Gasteiger partial charge in [-0.3, -0.25) is 0 Å². The summed E-state index contributed by atoms with van der Waals surface area (Å²) in [5.41, 5.74) is 7.88. The van der Waals surface area contributed by atoms with Gasteiger partial charge in [0.1, 0.15) is 18.2 Å². The van der Waals surface area contributed by atoms with Gasteiger partial charge in [-0.1, -0.05) is 42.5 Å². The van der Waals surface area contributed by atoms with Crippen molar-refractivity contribution in [3.8, 4) is 22.4 Å². The van der Waals surface area contributed by atoms with Crippen LogP contribution in [0.2, 0.25) is 0 Å². The molecule has 0 saturated heterocycles. The number of fused-ring (bicyclic) bond motifs is 3. The minimum Gasteiger partial charge on any atom is -0.456 e. The van der Waals surface area contributed by atoms with Crippen molar-refractivity contribution in [3.05, 3.63) is 95.0 Å². The maximum atomic E-state index is 7.87. The Hall–Kier alpha value is -3.90. The molecule has 3 heteroatoms. The average Bonchev–Trinajstić information content (AvgIpc) is 3.18. The van der Waals surface area contributed by atoms with Crippen molar-refractivity contribution in [1.29, 1.82) is 0 Å². The van der Waals surface area contributed by atoms with Gasteiger partial charge in [0.25, 0.3) is 0 Å². The standard InChI is InChI=1S/C28H23N2O/c1-17-11-14-24(30(5)19(17)3)26-18(2)15-23(20-9-7-6-8-10-20)27-22-13-12-21(29-4)16-25(22)31-28(26)27/h6-16H,1-3,5H3/q+1/i1D3. The highest BCUT2D eigenvalue weighted by Crippen LogP contribution is 2.43. The summed E-state index contributed by atoms with van der Waals surface area (Å²) in [6.07, 6.45) is 0. The van der Waals surface area contributed by atoms with E-state index >= 15 is 0 Å². The molecule has 5 rings (SSSR count). The molecule has 0 atom stereocenters. The lowest BCUT2D eigenvalue weighted by atomic mass is 9.92. The molecule has 0 amide bonds. The molecule has 3 aromatic carbocycles. The molecule has 0 spiro atoms. The number of benzene rings is 3. The number of nitrogens with zero attached hydrogens (tertiary/aromatic N) is 2. The van der Waals surface area contributed by atoms with E-state index in [1.807, 2.05) is 61.9 Å². The van der Waals surface area contributed by atoms with Gasteiger partial charge < -0.3 is 4.42 Å². The van der Waals surface area contributed by atoms with Gasteiger partial charge in [0.05, 0.1) is 12.1 Å². The third-order valence-corrected chi connectivity index (χ3v) is 6.06. The summed E-state index contributed by atoms with van der Waals surface area (Å²) in [5, 5.41) is 1.93. The summed E-state index contributed by atoms with van der Waals surface area (Å²) in [5.74, 6) is 0. The number of hydrogen-bond donors (Lipinski definition) is 0. The molecule has 150 valence electrons. The average molecular weight is 407 g/mol. The molecule has 0 N–H and O–H groups in total. The Labute approximate surface area is 186 Å². The van der Waals surface area contributed by atoms with Gasteiger partial charge in [0.2, 0.25) is 5.69 Å². The SMILES string of the molecule is [2H]C([2H])([2H])c1ccc(-c2c(C)cc(-c3ccccc3)c3c2oc2cc([N+]#[C-])ccc23)[n+](C)c1C. The van der Waals surface area contributed by atoms with E-state index in [1.165, 1.54) is 0 Å². The van der Waals surface area contributed by atoms with Crippen LogP contribution in [-0.2, 0) is 7.05 Å². The van der Waals surface area contributed by atoms with Crippen molar-refractivity contribution >= 4 is 27.6 Å². The first-order valence-corrected chi connectivity index (χ1v) is 10.1. The maximum absolute atomic E-state index is 7.87. The van der Waals surface area contributed by atoms with Gasteiger partial charge in [-0.15, -0.1) is 0 Å². The van der Waals surface area contributed by atoms with Gasteiger partial charge >= 0.3 is 0 Å². The molecular weight excluding hydrogens is 380 g/mol. The normalized spacial score (nSPS) is 13.0. The van der Waals surface area contributed by atoms with E-state index in [0.29, 0.717) is 22.5 Å². The first-order valence-electron chi connectivity index (χ1n) is 11.6. The minimum atomic E-state index is -2.18. The molecule has 3 nitrogen and oxygen atoms in total. The highest BCUT2D eigenvalue weighted by molar-refractivity contribution is 6.17. The molecule has 0 aliphatic carbocycles. The van der Waals surface area contributed by atoms with Crippen LogP contribution in [0, 0.1) is 27.3 Å². The van der Waals surface area contributed by atoms with Gasteiger partial charge in [-0.25, -0.2) is 4.85 Å². The van der Waals surface area contributed by atoms with E-state index < -0.39 is 6.85 Å². The highest BCUT2D eigenvalue weighted by Gasteiger charge is 2.25. The summed E-state index contributed by atoms with van der Waals surface area (Å²) >= 11 is 0. The van der Waals surface area contributed by atoms with Crippen LogP contribution >= 0.6 is 0 Å². The molecule has 0 saturated carbocycles. The molecular formula is C28H23N2O+. The monoisotopic (exact) mass is 406 g/mol. The second kappa shape index (κ2) is 7.11. The van der Waals surface area contributed by atoms with Crippen LogP contribution in [0.4, 0.5) is 5.69 Å². The number of rotatable bonds is 2. The van der Waals surface area contributed by atoms with E-state index in [4.69, 9.17) is 15.1 Å². The molecule has 5 aromatic rings. The lowest BCUT2D eigenvalue weighted by Gasteiger charge is -2.12. The van der Waals surface area contributed by atoms with Gasteiger partial charge in [-0.05, 0) is 48.7 Å². The molecule has 0 unspecified atom stereocenters.